The first-order chi connectivity index (χ1) is 15.5. The largest absolute Gasteiger partial charge is 0.497 e. The second-order valence-corrected chi connectivity index (χ2v) is 7.59. The predicted molar refractivity (Wildman–Crippen MR) is 121 cm³/mol. The van der Waals surface area contributed by atoms with E-state index in [4.69, 9.17) is 9.47 Å². The number of Topliss-reactive ketones (excluding diaryl/α,β-unsaturated/α-hetero) is 1. The highest BCUT2D eigenvalue weighted by Crippen LogP contribution is 2.32. The molecule has 2 aromatic carbocycles. The van der Waals surface area contributed by atoms with Crippen molar-refractivity contribution in [2.24, 2.45) is 4.99 Å². The van der Waals surface area contributed by atoms with E-state index in [9.17, 15) is 14.7 Å². The molecule has 32 heavy (non-hydrogen) atoms. The van der Waals surface area contributed by atoms with E-state index in [2.05, 4.69) is 15.2 Å². The summed E-state index contributed by atoms with van der Waals surface area (Å²) >= 11 is 0. The maximum atomic E-state index is 13.6. The van der Waals surface area contributed by atoms with Gasteiger partial charge >= 0.3 is 5.97 Å². The number of benzene rings is 2. The van der Waals surface area contributed by atoms with Crippen LogP contribution in [0.5, 0.6) is 11.5 Å². The number of aliphatic imine (C=N–C) groups is 1. The number of ketones is 1. The van der Waals surface area contributed by atoms with Crippen molar-refractivity contribution in [2.75, 3.05) is 38.2 Å². The Bertz CT molecular complexity index is 1030. The van der Waals surface area contributed by atoms with Gasteiger partial charge in [-0.2, -0.15) is 0 Å². The van der Waals surface area contributed by atoms with Crippen molar-refractivity contribution in [3.63, 3.8) is 0 Å². The molecule has 2 aromatic rings. The van der Waals surface area contributed by atoms with Gasteiger partial charge in [0.25, 0.3) is 0 Å². The fraction of sp³-hybridized carbons (Fsp3) is 0.292. The Labute approximate surface area is 186 Å². The molecule has 0 amide bonds. The number of carboxylic acid groups (broad SMARTS) is 1. The minimum absolute atomic E-state index is 0.272. The molecular weight excluding hydrogens is 410 g/mol. The normalized spacial score (nSPS) is 20.7. The number of carbonyl (C=O) groups is 2. The summed E-state index contributed by atoms with van der Waals surface area (Å²) < 4.78 is 11.0. The third-order valence-corrected chi connectivity index (χ3v) is 5.62. The maximum absolute atomic E-state index is 13.6. The lowest BCUT2D eigenvalue weighted by atomic mass is 9.84. The second-order valence-electron chi connectivity index (χ2n) is 7.59. The second kappa shape index (κ2) is 9.23. The third kappa shape index (κ3) is 4.22. The van der Waals surface area contributed by atoms with E-state index in [1.165, 1.54) is 19.4 Å². The van der Waals surface area contributed by atoms with Crippen LogP contribution in [0, 0.1) is 0 Å². The molecule has 0 spiro atoms. The van der Waals surface area contributed by atoms with Crippen LogP contribution < -0.4 is 19.7 Å². The lowest BCUT2D eigenvalue weighted by molar-refractivity contribution is -0.146. The maximum Gasteiger partial charge on any atom is 0.348 e. The Morgan fingerprint density at radius 3 is 2.47 bits per heavy atom. The summed E-state index contributed by atoms with van der Waals surface area (Å²) in [6, 6.07) is 13.8. The average molecular weight is 435 g/mol. The van der Waals surface area contributed by atoms with Gasteiger partial charge in [-0.25, -0.2) is 4.79 Å². The highest BCUT2D eigenvalue weighted by atomic mass is 16.5. The number of piperazine rings is 1. The lowest BCUT2D eigenvalue weighted by Gasteiger charge is -2.31. The number of methoxy groups -OCH3 is 1. The number of aliphatic carboxylic acids is 1. The molecular formula is C24H25N3O5. The summed E-state index contributed by atoms with van der Waals surface area (Å²) in [7, 11) is 1.51. The Morgan fingerprint density at radius 2 is 1.84 bits per heavy atom. The van der Waals surface area contributed by atoms with Crippen LogP contribution in [0.1, 0.15) is 10.4 Å². The van der Waals surface area contributed by atoms with Gasteiger partial charge in [-0.05, 0) is 48.6 Å². The SMILES string of the molecule is COc1cccc(OC(C(=O)O)C2(C(=O)c3ccc(N4CCNCC4)cc3)C=CC=N2)c1. The minimum Gasteiger partial charge on any atom is -0.497 e. The van der Waals surface area contributed by atoms with Crippen LogP contribution in [0.25, 0.3) is 0 Å². The fourth-order valence-electron chi connectivity index (χ4n) is 3.92. The monoisotopic (exact) mass is 435 g/mol. The van der Waals surface area contributed by atoms with Crippen LogP contribution in [-0.2, 0) is 4.79 Å². The van der Waals surface area contributed by atoms with E-state index in [0.29, 0.717) is 11.3 Å². The van der Waals surface area contributed by atoms with E-state index in [1.54, 1.807) is 42.5 Å². The molecule has 2 aliphatic rings. The number of ether oxygens (including phenoxy) is 2. The molecule has 2 unspecified atom stereocenters. The van der Waals surface area contributed by atoms with E-state index < -0.39 is 23.4 Å². The van der Waals surface area contributed by atoms with Gasteiger partial charge in [0.15, 0.2) is 11.3 Å². The van der Waals surface area contributed by atoms with Crippen LogP contribution in [0.2, 0.25) is 0 Å². The fourth-order valence-corrected chi connectivity index (χ4v) is 3.92. The number of carboxylic acids is 1. The number of hydrogen-bond acceptors (Lipinski definition) is 7. The van der Waals surface area contributed by atoms with Crippen LogP contribution in [0.3, 0.4) is 0 Å². The zero-order valence-electron chi connectivity index (χ0n) is 17.7. The first-order valence-electron chi connectivity index (χ1n) is 10.4. The number of allylic oxidation sites excluding steroid dienone is 1. The van der Waals surface area contributed by atoms with Gasteiger partial charge in [0.05, 0.1) is 7.11 Å². The Balaban J connectivity index is 1.62. The topological polar surface area (TPSA) is 100 Å². The van der Waals surface area contributed by atoms with Gasteiger partial charge in [-0.15, -0.1) is 0 Å². The number of rotatable bonds is 8. The zero-order chi connectivity index (χ0) is 22.6. The molecule has 0 aliphatic carbocycles. The molecule has 0 radical (unpaired) electrons. The van der Waals surface area contributed by atoms with Gasteiger partial charge in [-0.1, -0.05) is 6.07 Å². The van der Waals surface area contributed by atoms with Gasteiger partial charge in [-0.3, -0.25) is 9.79 Å². The third-order valence-electron chi connectivity index (χ3n) is 5.62. The highest BCUT2D eigenvalue weighted by Gasteiger charge is 2.51. The molecule has 0 aromatic heterocycles. The summed E-state index contributed by atoms with van der Waals surface area (Å²) in [6.07, 6.45) is 2.93. The first-order valence-corrected chi connectivity index (χ1v) is 10.4. The molecule has 2 N–H and O–H groups in total. The molecule has 8 heteroatoms. The van der Waals surface area contributed by atoms with Crippen LogP contribution in [-0.4, -0.2) is 68.0 Å². The van der Waals surface area contributed by atoms with Crippen LogP contribution >= 0.6 is 0 Å². The summed E-state index contributed by atoms with van der Waals surface area (Å²) in [6.45, 7) is 3.59. The lowest BCUT2D eigenvalue weighted by Crippen LogP contribution is -2.52. The molecule has 0 bridgehead atoms. The predicted octanol–water partition coefficient (Wildman–Crippen LogP) is 2.20. The van der Waals surface area contributed by atoms with Gasteiger partial charge in [0.2, 0.25) is 6.10 Å². The van der Waals surface area contributed by atoms with Crippen molar-refractivity contribution in [3.8, 4) is 11.5 Å². The number of nitrogens with zero attached hydrogens (tertiary/aromatic N) is 2. The number of hydrogen-bond donors (Lipinski definition) is 2. The van der Waals surface area contributed by atoms with E-state index in [0.717, 1.165) is 31.9 Å². The van der Waals surface area contributed by atoms with E-state index in [1.807, 2.05) is 12.1 Å². The molecule has 166 valence electrons. The zero-order valence-corrected chi connectivity index (χ0v) is 17.7. The molecule has 2 heterocycles. The standard InChI is InChI=1S/C24H25N3O5/c1-31-19-4-2-5-20(16-19)32-22(23(29)30)24(10-3-11-26-24)21(28)17-6-8-18(9-7-17)27-14-12-25-13-15-27/h2-11,16,22,25H,12-15H2,1H3,(H,29,30). The van der Waals surface area contributed by atoms with Crippen LogP contribution in [0.4, 0.5) is 5.69 Å². The Morgan fingerprint density at radius 1 is 1.12 bits per heavy atom. The minimum atomic E-state index is -1.70. The van der Waals surface area contributed by atoms with Crippen molar-refractivity contribution in [1.29, 1.82) is 0 Å². The molecule has 4 rings (SSSR count). The van der Waals surface area contributed by atoms with Crippen molar-refractivity contribution < 1.29 is 24.2 Å². The summed E-state index contributed by atoms with van der Waals surface area (Å²) in [5.41, 5.74) is -0.316. The highest BCUT2D eigenvalue weighted by molar-refractivity contribution is 6.10. The number of anilines is 1. The van der Waals surface area contributed by atoms with Crippen LogP contribution in [0.15, 0.2) is 65.7 Å². The van der Waals surface area contributed by atoms with E-state index in [-0.39, 0.29) is 5.75 Å². The summed E-state index contributed by atoms with van der Waals surface area (Å²) in [5, 5.41) is 13.3. The van der Waals surface area contributed by atoms with Crippen molar-refractivity contribution in [1.82, 2.24) is 5.32 Å². The van der Waals surface area contributed by atoms with Crippen molar-refractivity contribution in [3.05, 3.63) is 66.2 Å². The molecule has 1 saturated heterocycles. The van der Waals surface area contributed by atoms with Crippen molar-refractivity contribution >= 4 is 23.7 Å². The molecule has 2 atom stereocenters. The number of nitrogens with one attached hydrogen (secondary N) is 1. The van der Waals surface area contributed by atoms with Gasteiger partial charge in [0, 0.05) is 49.7 Å². The summed E-state index contributed by atoms with van der Waals surface area (Å²) in [5.74, 6) is -0.943. The average Bonchev–Trinajstić information content (AvgIpc) is 3.33. The molecule has 1 fully saturated rings. The molecule has 2 aliphatic heterocycles. The Hall–Kier alpha value is -3.65. The number of carbonyl (C=O) groups excluding carboxylic acids is 1. The van der Waals surface area contributed by atoms with Gasteiger partial charge < -0.3 is 24.8 Å². The van der Waals surface area contributed by atoms with E-state index >= 15 is 0 Å². The molecule has 8 nitrogen and oxygen atoms in total. The first kappa shape index (κ1) is 21.6. The molecule has 0 saturated carbocycles. The smallest absolute Gasteiger partial charge is 0.348 e. The van der Waals surface area contributed by atoms with Gasteiger partial charge in [0.1, 0.15) is 11.5 Å². The van der Waals surface area contributed by atoms with Crippen molar-refractivity contribution in [2.45, 2.75) is 11.6 Å². The quantitative estimate of drug-likeness (QED) is 0.613. The summed E-state index contributed by atoms with van der Waals surface area (Å²) in [4.78, 5) is 32.3. The Kier molecular flexibility index (Phi) is 6.23.